The summed E-state index contributed by atoms with van der Waals surface area (Å²) in [6, 6.07) is 15.3. The van der Waals surface area contributed by atoms with Gasteiger partial charge in [0.25, 0.3) is 15.9 Å². The minimum absolute atomic E-state index is 0.0139. The number of pyridine rings is 1. The van der Waals surface area contributed by atoms with Gasteiger partial charge in [0.15, 0.2) is 0 Å². The molecule has 0 fully saturated rings. The molecule has 1 N–H and O–H groups in total. The van der Waals surface area contributed by atoms with Gasteiger partial charge in [0.1, 0.15) is 6.54 Å². The van der Waals surface area contributed by atoms with E-state index < -0.39 is 22.5 Å². The first-order valence-corrected chi connectivity index (χ1v) is 10.8. The van der Waals surface area contributed by atoms with Crippen LogP contribution < -0.4 is 9.73 Å². The number of nitrogens with one attached hydrogen (secondary N) is 1. The van der Waals surface area contributed by atoms with Crippen LogP contribution in [0.4, 0.5) is 5.69 Å². The molecule has 1 heterocycles. The van der Waals surface area contributed by atoms with Gasteiger partial charge in [0.05, 0.1) is 16.8 Å². The standard InChI is InChI=1S/C20H16Cl2N4O3S/c21-16-4-6-19(7-5-16)30(28,29)26(18-3-1-2-17(22)12-18)14-20(27)25-24-13-15-8-10-23-11-9-15/h1-13H,14H2,(H,25,27)/b24-13-. The summed E-state index contributed by atoms with van der Waals surface area (Å²) in [4.78, 5) is 16.3. The van der Waals surface area contributed by atoms with Crippen molar-refractivity contribution >= 4 is 51.0 Å². The topological polar surface area (TPSA) is 91.7 Å². The Labute approximate surface area is 184 Å². The monoisotopic (exact) mass is 462 g/mol. The largest absolute Gasteiger partial charge is 0.271 e. The van der Waals surface area contributed by atoms with Crippen LogP contribution >= 0.6 is 23.2 Å². The summed E-state index contributed by atoms with van der Waals surface area (Å²) >= 11 is 11.9. The van der Waals surface area contributed by atoms with Gasteiger partial charge in [0.2, 0.25) is 0 Å². The van der Waals surface area contributed by atoms with Gasteiger partial charge in [0, 0.05) is 22.4 Å². The highest BCUT2D eigenvalue weighted by Gasteiger charge is 2.27. The highest BCUT2D eigenvalue weighted by Crippen LogP contribution is 2.26. The highest BCUT2D eigenvalue weighted by molar-refractivity contribution is 7.92. The third-order valence-corrected chi connectivity index (χ3v) is 6.17. The van der Waals surface area contributed by atoms with Gasteiger partial charge in [-0.2, -0.15) is 5.10 Å². The van der Waals surface area contributed by atoms with Crippen LogP contribution in [0.2, 0.25) is 10.0 Å². The number of benzene rings is 2. The molecular formula is C20H16Cl2N4O3S. The molecule has 0 saturated heterocycles. The summed E-state index contributed by atoms with van der Waals surface area (Å²) in [6.45, 7) is -0.501. The van der Waals surface area contributed by atoms with Gasteiger partial charge in [-0.1, -0.05) is 29.3 Å². The molecule has 0 bridgehead atoms. The zero-order valence-electron chi connectivity index (χ0n) is 15.4. The molecule has 0 atom stereocenters. The molecule has 2 aromatic carbocycles. The molecule has 3 aromatic rings. The van der Waals surface area contributed by atoms with E-state index >= 15 is 0 Å². The SMILES string of the molecule is O=C(CN(c1cccc(Cl)c1)S(=O)(=O)c1ccc(Cl)cc1)N/N=C\c1ccncc1. The Hall–Kier alpha value is -2.94. The Morgan fingerprint density at radius 3 is 2.40 bits per heavy atom. The molecule has 0 aliphatic heterocycles. The minimum atomic E-state index is -4.06. The van der Waals surface area contributed by atoms with Crippen molar-refractivity contribution < 1.29 is 13.2 Å². The molecule has 0 aliphatic carbocycles. The van der Waals surface area contributed by atoms with E-state index in [1.807, 2.05) is 0 Å². The number of amides is 1. The number of hydrogen-bond donors (Lipinski definition) is 1. The van der Waals surface area contributed by atoms with Crippen molar-refractivity contribution in [2.75, 3.05) is 10.8 Å². The Balaban J connectivity index is 1.85. The summed E-state index contributed by atoms with van der Waals surface area (Å²) in [5, 5.41) is 4.58. The molecule has 0 saturated carbocycles. The van der Waals surface area contributed by atoms with Crippen LogP contribution in [0.3, 0.4) is 0 Å². The van der Waals surface area contributed by atoms with E-state index in [4.69, 9.17) is 23.2 Å². The van der Waals surface area contributed by atoms with Crippen molar-refractivity contribution in [2.45, 2.75) is 4.90 Å². The van der Waals surface area contributed by atoms with Gasteiger partial charge in [-0.3, -0.25) is 14.1 Å². The molecule has 7 nitrogen and oxygen atoms in total. The Morgan fingerprint density at radius 2 is 1.73 bits per heavy atom. The third kappa shape index (κ3) is 5.56. The van der Waals surface area contributed by atoms with Crippen molar-refractivity contribution in [3.63, 3.8) is 0 Å². The van der Waals surface area contributed by atoms with Crippen molar-refractivity contribution in [1.82, 2.24) is 10.4 Å². The number of carbonyl (C=O) groups is 1. The molecule has 3 rings (SSSR count). The maximum Gasteiger partial charge on any atom is 0.264 e. The quantitative estimate of drug-likeness (QED) is 0.427. The molecule has 30 heavy (non-hydrogen) atoms. The van der Waals surface area contributed by atoms with Crippen LogP contribution in [0, 0.1) is 0 Å². The van der Waals surface area contributed by atoms with Crippen molar-refractivity contribution in [3.05, 3.63) is 88.7 Å². The van der Waals surface area contributed by atoms with E-state index in [9.17, 15) is 13.2 Å². The maximum absolute atomic E-state index is 13.2. The van der Waals surface area contributed by atoms with Gasteiger partial charge in [-0.25, -0.2) is 13.8 Å². The molecule has 0 spiro atoms. The third-order valence-electron chi connectivity index (χ3n) is 3.89. The maximum atomic E-state index is 13.2. The predicted molar refractivity (Wildman–Crippen MR) is 117 cm³/mol. The van der Waals surface area contributed by atoms with E-state index in [0.29, 0.717) is 10.0 Å². The first-order chi connectivity index (χ1) is 14.4. The molecule has 0 unspecified atom stereocenters. The fraction of sp³-hybridized carbons (Fsp3) is 0.0500. The second-order valence-corrected chi connectivity index (χ2v) is 8.75. The fourth-order valence-electron chi connectivity index (χ4n) is 2.47. The van der Waals surface area contributed by atoms with E-state index in [1.165, 1.54) is 36.5 Å². The predicted octanol–water partition coefficient (Wildman–Crippen LogP) is 3.73. The first-order valence-electron chi connectivity index (χ1n) is 8.62. The molecule has 10 heteroatoms. The number of halogens is 2. The Bertz CT molecular complexity index is 1150. The van der Waals surface area contributed by atoms with E-state index in [0.717, 1.165) is 9.87 Å². The normalized spacial score (nSPS) is 11.4. The lowest BCUT2D eigenvalue weighted by Crippen LogP contribution is -2.39. The van der Waals surface area contributed by atoms with Crippen molar-refractivity contribution in [2.24, 2.45) is 5.10 Å². The summed E-state index contributed by atoms with van der Waals surface area (Å²) in [5.41, 5.74) is 3.30. The van der Waals surface area contributed by atoms with Crippen LogP contribution in [0.5, 0.6) is 0 Å². The summed E-state index contributed by atoms with van der Waals surface area (Å²) in [6.07, 6.45) is 4.60. The zero-order chi connectivity index (χ0) is 21.6. The summed E-state index contributed by atoms with van der Waals surface area (Å²) < 4.78 is 27.4. The number of nitrogens with zero attached hydrogens (tertiary/aromatic N) is 3. The van der Waals surface area contributed by atoms with Crippen LogP contribution in [0.1, 0.15) is 5.56 Å². The molecule has 154 valence electrons. The fourth-order valence-corrected chi connectivity index (χ4v) is 4.20. The molecule has 0 aliphatic rings. The van der Waals surface area contributed by atoms with Gasteiger partial charge < -0.3 is 0 Å². The van der Waals surface area contributed by atoms with E-state index in [2.05, 4.69) is 15.5 Å². The second-order valence-electron chi connectivity index (χ2n) is 6.02. The number of aromatic nitrogens is 1. The van der Waals surface area contributed by atoms with Crippen molar-refractivity contribution in [1.29, 1.82) is 0 Å². The van der Waals surface area contributed by atoms with Crippen LogP contribution in [-0.4, -0.2) is 32.1 Å². The Kier molecular flexibility index (Phi) is 7.04. The summed E-state index contributed by atoms with van der Waals surface area (Å²) in [7, 11) is -4.06. The lowest BCUT2D eigenvalue weighted by Gasteiger charge is -2.23. The Morgan fingerprint density at radius 1 is 1.03 bits per heavy atom. The van der Waals surface area contributed by atoms with Crippen LogP contribution in [0.25, 0.3) is 0 Å². The number of rotatable bonds is 7. The van der Waals surface area contributed by atoms with Crippen LogP contribution in [0.15, 0.2) is 83.1 Å². The molecule has 0 radical (unpaired) electrons. The highest BCUT2D eigenvalue weighted by atomic mass is 35.5. The molecule has 1 aromatic heterocycles. The molecular weight excluding hydrogens is 447 g/mol. The lowest BCUT2D eigenvalue weighted by atomic mass is 10.3. The van der Waals surface area contributed by atoms with Gasteiger partial charge in [-0.05, 0) is 60.2 Å². The first kappa shape index (κ1) is 21.8. The van der Waals surface area contributed by atoms with E-state index in [1.54, 1.807) is 42.7 Å². The number of sulfonamides is 1. The van der Waals surface area contributed by atoms with Gasteiger partial charge >= 0.3 is 0 Å². The number of hydrazone groups is 1. The lowest BCUT2D eigenvalue weighted by molar-refractivity contribution is -0.119. The minimum Gasteiger partial charge on any atom is -0.271 e. The summed E-state index contributed by atoms with van der Waals surface area (Å²) in [5.74, 6) is -0.627. The number of anilines is 1. The van der Waals surface area contributed by atoms with Gasteiger partial charge in [-0.15, -0.1) is 0 Å². The zero-order valence-corrected chi connectivity index (χ0v) is 17.8. The smallest absolute Gasteiger partial charge is 0.264 e. The molecule has 1 amide bonds. The average molecular weight is 463 g/mol. The van der Waals surface area contributed by atoms with Crippen LogP contribution in [-0.2, 0) is 14.8 Å². The number of hydrogen-bond acceptors (Lipinski definition) is 5. The average Bonchev–Trinajstić information content (AvgIpc) is 2.73. The number of carbonyl (C=O) groups excluding carboxylic acids is 1. The van der Waals surface area contributed by atoms with Crippen molar-refractivity contribution in [3.8, 4) is 0 Å². The van der Waals surface area contributed by atoms with E-state index in [-0.39, 0.29) is 10.6 Å². The second kappa shape index (κ2) is 9.71.